The standard InChI is InChI=1S/C74H133NO8/c1-6-8-10-12-14-16-18-20-22-24-26-28-30-32-34-36-38-40-42-44-46-48-50-52-54-56-58-60-62-64-71(76)81-68-70(69-82-74(73(78)79)80-67-66-75(3,4)5)83-72(77)65-63-61-59-57-55-53-51-49-47-45-43-41-39-37-35-33-31-29-27-25-23-21-19-17-15-13-11-9-7-2/h9,11,15,17,21,23,27,29,33,35,39,41,70,74H,6-8,10,12-14,16,18-20,22,24-26,28,30-32,34,36-38,40,42-69H2,1-5H3/p+1/b11-9-,17-15-,23-21-,29-27-,35-33-,41-39-. The topological polar surface area (TPSA) is 108 Å². The number of ether oxygens (including phenoxy) is 4. The summed E-state index contributed by atoms with van der Waals surface area (Å²) in [5, 5.41) is 9.75. The van der Waals surface area contributed by atoms with Crippen molar-refractivity contribution in [3.63, 3.8) is 0 Å². The minimum absolute atomic E-state index is 0.183. The van der Waals surface area contributed by atoms with Crippen LogP contribution in [0, 0.1) is 0 Å². The maximum Gasteiger partial charge on any atom is 0.361 e. The first-order chi connectivity index (χ1) is 40.6. The van der Waals surface area contributed by atoms with Gasteiger partial charge in [0.25, 0.3) is 6.29 Å². The molecule has 0 spiro atoms. The number of hydrogen-bond acceptors (Lipinski definition) is 7. The first kappa shape index (κ1) is 79.7. The Morgan fingerprint density at radius 3 is 1.02 bits per heavy atom. The monoisotopic (exact) mass is 1170 g/mol. The van der Waals surface area contributed by atoms with Crippen molar-refractivity contribution in [2.45, 2.75) is 334 Å². The van der Waals surface area contributed by atoms with Crippen LogP contribution in [-0.2, 0) is 33.3 Å². The van der Waals surface area contributed by atoms with Gasteiger partial charge in [0.2, 0.25) is 0 Å². The third-order valence-corrected chi connectivity index (χ3v) is 15.5. The molecule has 9 heteroatoms. The molecule has 0 aliphatic heterocycles. The van der Waals surface area contributed by atoms with Crippen LogP contribution in [0.3, 0.4) is 0 Å². The fourth-order valence-corrected chi connectivity index (χ4v) is 10.1. The number of hydrogen-bond donors (Lipinski definition) is 1. The number of unbranched alkanes of at least 4 members (excludes halogenated alkanes) is 38. The Kier molecular flexibility index (Phi) is 62.2. The van der Waals surface area contributed by atoms with E-state index in [0.29, 0.717) is 23.9 Å². The van der Waals surface area contributed by atoms with E-state index in [2.05, 4.69) is 86.8 Å². The molecule has 0 aliphatic rings. The predicted molar refractivity (Wildman–Crippen MR) is 355 cm³/mol. The number of carbonyl (C=O) groups excluding carboxylic acids is 2. The number of carbonyl (C=O) groups is 3. The highest BCUT2D eigenvalue weighted by Gasteiger charge is 2.25. The molecule has 0 radical (unpaired) electrons. The Morgan fingerprint density at radius 1 is 0.373 bits per heavy atom. The van der Waals surface area contributed by atoms with Crippen molar-refractivity contribution < 1.29 is 42.9 Å². The Hall–Kier alpha value is -3.27. The summed E-state index contributed by atoms with van der Waals surface area (Å²) in [5.74, 6) is -2.00. The molecule has 83 heavy (non-hydrogen) atoms. The third kappa shape index (κ3) is 66.1. The van der Waals surface area contributed by atoms with Gasteiger partial charge in [-0.15, -0.1) is 0 Å². The minimum atomic E-state index is -1.51. The van der Waals surface area contributed by atoms with E-state index in [9.17, 15) is 19.5 Å². The zero-order valence-electron chi connectivity index (χ0n) is 55.1. The number of rotatable bonds is 65. The Balaban J connectivity index is 4.11. The summed E-state index contributed by atoms with van der Waals surface area (Å²) >= 11 is 0. The lowest BCUT2D eigenvalue weighted by molar-refractivity contribution is -0.870. The molecule has 0 saturated heterocycles. The molecule has 0 saturated carbocycles. The predicted octanol–water partition coefficient (Wildman–Crippen LogP) is 21.7. The molecular weight excluding hydrogens is 1030 g/mol. The summed E-state index contributed by atoms with van der Waals surface area (Å²) in [7, 11) is 5.98. The zero-order valence-corrected chi connectivity index (χ0v) is 55.1. The van der Waals surface area contributed by atoms with Crippen LogP contribution < -0.4 is 0 Å². The van der Waals surface area contributed by atoms with E-state index in [1.807, 2.05) is 21.1 Å². The van der Waals surface area contributed by atoms with Crippen molar-refractivity contribution in [3.05, 3.63) is 72.9 Å². The average Bonchev–Trinajstić information content (AvgIpc) is 3.46. The van der Waals surface area contributed by atoms with Crippen molar-refractivity contribution in [2.24, 2.45) is 0 Å². The van der Waals surface area contributed by atoms with Crippen LogP contribution >= 0.6 is 0 Å². The molecule has 0 bridgehead atoms. The summed E-state index contributed by atoms with van der Waals surface area (Å²) in [6.45, 7) is 4.81. The molecular formula is C74H134NO8+. The highest BCUT2D eigenvalue weighted by molar-refractivity contribution is 5.71. The molecule has 2 atom stereocenters. The molecule has 0 aromatic heterocycles. The van der Waals surface area contributed by atoms with E-state index >= 15 is 0 Å². The maximum atomic E-state index is 12.9. The van der Waals surface area contributed by atoms with E-state index in [4.69, 9.17) is 18.9 Å². The van der Waals surface area contributed by atoms with Crippen molar-refractivity contribution in [2.75, 3.05) is 47.5 Å². The molecule has 0 heterocycles. The molecule has 9 nitrogen and oxygen atoms in total. The average molecular weight is 1170 g/mol. The number of likely N-dealkylation sites (N-methyl/N-ethyl adjacent to an activating group) is 1. The largest absolute Gasteiger partial charge is 0.477 e. The summed E-state index contributed by atoms with van der Waals surface area (Å²) in [6, 6.07) is 0. The number of nitrogens with zero attached hydrogens (tertiary/aromatic N) is 1. The van der Waals surface area contributed by atoms with Gasteiger partial charge in [0, 0.05) is 12.8 Å². The second-order valence-corrected chi connectivity index (χ2v) is 24.8. The van der Waals surface area contributed by atoms with E-state index < -0.39 is 24.3 Å². The van der Waals surface area contributed by atoms with Gasteiger partial charge in [-0.05, 0) is 64.2 Å². The quantitative estimate of drug-likeness (QED) is 0.0211. The highest BCUT2D eigenvalue weighted by Crippen LogP contribution is 2.18. The normalized spacial score (nSPS) is 13.1. The molecule has 0 fully saturated rings. The maximum absolute atomic E-state index is 12.9. The number of carboxylic acid groups (broad SMARTS) is 1. The Labute approximate surface area is 513 Å². The number of carboxylic acids is 1. The van der Waals surface area contributed by atoms with Gasteiger partial charge in [-0.2, -0.15) is 0 Å². The minimum Gasteiger partial charge on any atom is -0.477 e. The summed E-state index contributed by atoms with van der Waals surface area (Å²) in [6.07, 6.45) is 83.0. The van der Waals surface area contributed by atoms with Crippen molar-refractivity contribution in [3.8, 4) is 0 Å². The van der Waals surface area contributed by atoms with Crippen LogP contribution in [0.15, 0.2) is 72.9 Å². The molecule has 0 rings (SSSR count). The van der Waals surface area contributed by atoms with E-state index in [1.165, 1.54) is 205 Å². The van der Waals surface area contributed by atoms with E-state index in [-0.39, 0.29) is 32.2 Å². The van der Waals surface area contributed by atoms with Gasteiger partial charge in [-0.25, -0.2) is 4.79 Å². The molecule has 0 aromatic rings. The smallest absolute Gasteiger partial charge is 0.361 e. The van der Waals surface area contributed by atoms with Crippen LogP contribution in [0.4, 0.5) is 0 Å². The SMILES string of the molecule is CC/C=C\C/C=C\C/C=C\C/C=C\C/C=C\C/C=C\CCCCCCCCCCCCC(=O)OC(COC(=O)CCCCCCCCCCCCCCCCCCCCCCCCCCCCCCC)COC(OCC[N+](C)(C)C)C(=O)O. The zero-order chi connectivity index (χ0) is 60.5. The first-order valence-corrected chi connectivity index (χ1v) is 35.1. The van der Waals surface area contributed by atoms with Crippen LogP contribution in [0.5, 0.6) is 0 Å². The van der Waals surface area contributed by atoms with Crippen LogP contribution in [0.1, 0.15) is 322 Å². The van der Waals surface area contributed by atoms with Gasteiger partial charge in [0.15, 0.2) is 6.10 Å². The van der Waals surface area contributed by atoms with Crippen LogP contribution in [-0.4, -0.2) is 87.4 Å². The lowest BCUT2D eigenvalue weighted by Gasteiger charge is -2.25. The fourth-order valence-electron chi connectivity index (χ4n) is 10.1. The highest BCUT2D eigenvalue weighted by atomic mass is 16.7. The van der Waals surface area contributed by atoms with Gasteiger partial charge in [-0.3, -0.25) is 9.59 Å². The van der Waals surface area contributed by atoms with Crippen molar-refractivity contribution in [1.29, 1.82) is 0 Å². The number of esters is 2. The number of quaternary nitrogens is 1. The Bertz CT molecular complexity index is 1590. The summed E-state index contributed by atoms with van der Waals surface area (Å²) in [5.41, 5.74) is 0. The molecule has 482 valence electrons. The van der Waals surface area contributed by atoms with Gasteiger partial charge in [-0.1, -0.05) is 318 Å². The number of aliphatic carboxylic acids is 1. The van der Waals surface area contributed by atoms with Gasteiger partial charge >= 0.3 is 17.9 Å². The van der Waals surface area contributed by atoms with Gasteiger partial charge < -0.3 is 28.5 Å². The van der Waals surface area contributed by atoms with E-state index in [0.717, 1.165) is 83.5 Å². The van der Waals surface area contributed by atoms with Crippen LogP contribution in [0.2, 0.25) is 0 Å². The van der Waals surface area contributed by atoms with Crippen molar-refractivity contribution in [1.82, 2.24) is 0 Å². The molecule has 1 N–H and O–H groups in total. The molecule has 0 amide bonds. The van der Waals surface area contributed by atoms with Gasteiger partial charge in [0.1, 0.15) is 13.2 Å². The van der Waals surface area contributed by atoms with Crippen LogP contribution in [0.25, 0.3) is 0 Å². The first-order valence-electron chi connectivity index (χ1n) is 35.1. The second kappa shape index (κ2) is 64.7. The molecule has 0 aromatic carbocycles. The third-order valence-electron chi connectivity index (χ3n) is 15.5. The van der Waals surface area contributed by atoms with E-state index in [1.54, 1.807) is 0 Å². The summed E-state index contributed by atoms with van der Waals surface area (Å²) in [4.78, 5) is 37.6. The summed E-state index contributed by atoms with van der Waals surface area (Å²) < 4.78 is 23.0. The molecule has 2 unspecified atom stereocenters. The lowest BCUT2D eigenvalue weighted by Crippen LogP contribution is -2.40. The number of allylic oxidation sites excluding steroid dienone is 12. The Morgan fingerprint density at radius 2 is 0.687 bits per heavy atom. The van der Waals surface area contributed by atoms with Crippen molar-refractivity contribution >= 4 is 17.9 Å². The lowest BCUT2D eigenvalue weighted by atomic mass is 10.0. The molecule has 0 aliphatic carbocycles. The second-order valence-electron chi connectivity index (χ2n) is 24.8. The van der Waals surface area contributed by atoms with Gasteiger partial charge in [0.05, 0.1) is 34.4 Å². The fraction of sp³-hybridized carbons (Fsp3) is 0.797.